The summed E-state index contributed by atoms with van der Waals surface area (Å²) in [6.07, 6.45) is 0. The highest BCUT2D eigenvalue weighted by Crippen LogP contribution is 2.29. The highest BCUT2D eigenvalue weighted by molar-refractivity contribution is 5.78. The lowest BCUT2D eigenvalue weighted by Gasteiger charge is -2.37. The molecule has 7 heteroatoms. The first-order valence-electron chi connectivity index (χ1n) is 10.7. The first-order valence-corrected chi connectivity index (χ1v) is 10.7. The van der Waals surface area contributed by atoms with Crippen LogP contribution in [0.3, 0.4) is 0 Å². The number of amides is 1. The van der Waals surface area contributed by atoms with Gasteiger partial charge in [0.1, 0.15) is 5.75 Å². The Kier molecular flexibility index (Phi) is 8.00. The van der Waals surface area contributed by atoms with Crippen LogP contribution >= 0.6 is 0 Å². The zero-order valence-electron chi connectivity index (χ0n) is 19.0. The summed E-state index contributed by atoms with van der Waals surface area (Å²) in [6, 6.07) is 13.9. The number of nitrogens with zero attached hydrogens (tertiary/aromatic N) is 3. The van der Waals surface area contributed by atoms with Crippen molar-refractivity contribution >= 4 is 11.6 Å². The summed E-state index contributed by atoms with van der Waals surface area (Å²) in [7, 11) is 5.29. The molecule has 168 valence electrons. The molecule has 0 aliphatic carbocycles. The Morgan fingerprint density at radius 1 is 0.968 bits per heavy atom. The minimum Gasteiger partial charge on any atom is -0.495 e. The third kappa shape index (κ3) is 5.82. The number of carbonyl (C=O) groups excluding carboxylic acids is 1. The van der Waals surface area contributed by atoms with E-state index in [1.165, 1.54) is 0 Å². The van der Waals surface area contributed by atoms with Gasteiger partial charge in [-0.15, -0.1) is 0 Å². The van der Waals surface area contributed by atoms with Crippen LogP contribution in [0.2, 0.25) is 0 Å². The Balaban J connectivity index is 1.52. The van der Waals surface area contributed by atoms with E-state index >= 15 is 0 Å². The van der Waals surface area contributed by atoms with E-state index in [0.29, 0.717) is 38.5 Å². The predicted molar refractivity (Wildman–Crippen MR) is 122 cm³/mol. The number of hydrogen-bond donors (Lipinski definition) is 0. The van der Waals surface area contributed by atoms with Crippen molar-refractivity contribution in [1.82, 2.24) is 9.80 Å². The Morgan fingerprint density at radius 2 is 1.68 bits per heavy atom. The second kappa shape index (κ2) is 10.9. The molecule has 2 aromatic rings. The van der Waals surface area contributed by atoms with Gasteiger partial charge in [0.05, 0.1) is 33.1 Å². The van der Waals surface area contributed by atoms with Crippen LogP contribution in [0, 0.1) is 0 Å². The van der Waals surface area contributed by atoms with Crippen molar-refractivity contribution in [2.45, 2.75) is 13.5 Å². The maximum atomic E-state index is 12.8. The number of likely N-dealkylation sites (N-methyl/N-ethyl adjacent to an activating group) is 1. The lowest BCUT2D eigenvalue weighted by atomic mass is 10.2. The third-order valence-electron chi connectivity index (χ3n) is 5.44. The molecule has 31 heavy (non-hydrogen) atoms. The lowest BCUT2D eigenvalue weighted by Crippen LogP contribution is -2.51. The highest BCUT2D eigenvalue weighted by Gasteiger charge is 2.23. The van der Waals surface area contributed by atoms with Crippen LogP contribution in [0.15, 0.2) is 42.5 Å². The molecule has 0 spiro atoms. The minimum atomic E-state index is 0.153. The van der Waals surface area contributed by atoms with Crippen molar-refractivity contribution in [3.05, 3.63) is 48.0 Å². The van der Waals surface area contributed by atoms with Gasteiger partial charge < -0.3 is 24.0 Å². The van der Waals surface area contributed by atoms with Gasteiger partial charge in [0.25, 0.3) is 0 Å². The highest BCUT2D eigenvalue weighted by atomic mass is 16.5. The van der Waals surface area contributed by atoms with Gasteiger partial charge >= 0.3 is 0 Å². The van der Waals surface area contributed by atoms with Crippen molar-refractivity contribution in [2.24, 2.45) is 0 Å². The van der Waals surface area contributed by atoms with Gasteiger partial charge in [-0.25, -0.2) is 0 Å². The third-order valence-corrected chi connectivity index (χ3v) is 5.44. The smallest absolute Gasteiger partial charge is 0.236 e. The number of piperazine rings is 1. The topological polar surface area (TPSA) is 54.5 Å². The van der Waals surface area contributed by atoms with Crippen molar-refractivity contribution in [3.8, 4) is 17.2 Å². The van der Waals surface area contributed by atoms with Gasteiger partial charge in [-0.1, -0.05) is 18.2 Å². The molecule has 0 bridgehead atoms. The number of hydrogen-bond acceptors (Lipinski definition) is 6. The fourth-order valence-corrected chi connectivity index (χ4v) is 3.87. The molecule has 0 saturated carbocycles. The second-order valence-electron chi connectivity index (χ2n) is 7.63. The summed E-state index contributed by atoms with van der Waals surface area (Å²) < 4.78 is 16.5. The number of para-hydroxylation sites is 2. The van der Waals surface area contributed by atoms with E-state index in [1.807, 2.05) is 60.2 Å². The summed E-state index contributed by atoms with van der Waals surface area (Å²) in [5.41, 5.74) is 2.16. The van der Waals surface area contributed by atoms with E-state index in [1.54, 1.807) is 14.2 Å². The molecule has 1 heterocycles. The summed E-state index contributed by atoms with van der Waals surface area (Å²) >= 11 is 0. The van der Waals surface area contributed by atoms with Crippen LogP contribution in [0.25, 0.3) is 0 Å². The molecular weight excluding hydrogens is 394 g/mol. The van der Waals surface area contributed by atoms with Gasteiger partial charge in [0, 0.05) is 32.7 Å². The number of anilines is 1. The number of carbonyl (C=O) groups is 1. The molecule has 0 aromatic heterocycles. The van der Waals surface area contributed by atoms with E-state index in [9.17, 15) is 4.79 Å². The summed E-state index contributed by atoms with van der Waals surface area (Å²) in [5, 5.41) is 0. The van der Waals surface area contributed by atoms with E-state index < -0.39 is 0 Å². The number of ether oxygens (including phenoxy) is 3. The Labute approximate surface area is 185 Å². The van der Waals surface area contributed by atoms with Crippen LogP contribution in [0.5, 0.6) is 17.2 Å². The minimum absolute atomic E-state index is 0.153. The first-order chi connectivity index (χ1) is 15.0. The number of benzene rings is 2. The Hall–Kier alpha value is -2.93. The molecule has 7 nitrogen and oxygen atoms in total. The Morgan fingerprint density at radius 3 is 2.35 bits per heavy atom. The normalized spacial score (nSPS) is 14.0. The monoisotopic (exact) mass is 427 g/mol. The number of rotatable bonds is 9. The molecule has 1 aliphatic rings. The molecule has 0 N–H and O–H groups in total. The quantitative estimate of drug-likeness (QED) is 0.613. The molecule has 1 amide bonds. The first kappa shape index (κ1) is 22.7. The predicted octanol–water partition coefficient (Wildman–Crippen LogP) is 2.88. The Bertz CT molecular complexity index is 866. The summed E-state index contributed by atoms with van der Waals surface area (Å²) in [4.78, 5) is 19.1. The van der Waals surface area contributed by atoms with Gasteiger partial charge in [-0.05, 0) is 43.8 Å². The molecule has 1 saturated heterocycles. The van der Waals surface area contributed by atoms with E-state index in [0.717, 1.165) is 35.8 Å². The van der Waals surface area contributed by atoms with Crippen LogP contribution < -0.4 is 19.1 Å². The molecule has 1 fully saturated rings. The molecule has 0 atom stereocenters. The summed E-state index contributed by atoms with van der Waals surface area (Å²) in [5.74, 6) is 2.47. The van der Waals surface area contributed by atoms with Crippen molar-refractivity contribution in [2.75, 3.05) is 65.5 Å². The van der Waals surface area contributed by atoms with Crippen LogP contribution in [0.4, 0.5) is 5.69 Å². The molecular formula is C24H33N3O4. The molecule has 2 aromatic carbocycles. The molecule has 0 unspecified atom stereocenters. The van der Waals surface area contributed by atoms with Crippen molar-refractivity contribution < 1.29 is 19.0 Å². The lowest BCUT2D eigenvalue weighted by molar-refractivity contribution is -0.132. The molecule has 3 rings (SSSR count). The van der Waals surface area contributed by atoms with Gasteiger partial charge in [0.2, 0.25) is 5.91 Å². The summed E-state index contributed by atoms with van der Waals surface area (Å²) in [6.45, 7) is 6.60. The maximum absolute atomic E-state index is 12.8. The van der Waals surface area contributed by atoms with Gasteiger partial charge in [-0.3, -0.25) is 9.69 Å². The van der Waals surface area contributed by atoms with Crippen LogP contribution in [-0.4, -0.2) is 76.3 Å². The molecule has 0 radical (unpaired) electrons. The van der Waals surface area contributed by atoms with E-state index in [4.69, 9.17) is 14.2 Å². The fraction of sp³-hybridized carbons (Fsp3) is 0.458. The standard InChI is InChI=1S/C24H33N3O4/c1-5-31-22-11-10-19(16-23(22)30-4)17-25(2)18-24(28)27-14-12-26(13-15-27)20-8-6-7-9-21(20)29-3/h6-11,16H,5,12-15,17-18H2,1-4H3. The SMILES string of the molecule is CCOc1ccc(CN(C)CC(=O)N2CCN(c3ccccc3OC)CC2)cc1OC. The largest absolute Gasteiger partial charge is 0.495 e. The van der Waals surface area contributed by atoms with Crippen molar-refractivity contribution in [3.63, 3.8) is 0 Å². The van der Waals surface area contributed by atoms with Crippen LogP contribution in [-0.2, 0) is 11.3 Å². The zero-order valence-corrected chi connectivity index (χ0v) is 19.0. The second-order valence-corrected chi connectivity index (χ2v) is 7.63. The van der Waals surface area contributed by atoms with E-state index in [2.05, 4.69) is 11.0 Å². The average molecular weight is 428 g/mol. The number of methoxy groups -OCH3 is 2. The zero-order chi connectivity index (χ0) is 22.2. The van der Waals surface area contributed by atoms with Gasteiger partial charge in [0.15, 0.2) is 11.5 Å². The maximum Gasteiger partial charge on any atom is 0.236 e. The average Bonchev–Trinajstić information content (AvgIpc) is 2.80. The fourth-order valence-electron chi connectivity index (χ4n) is 3.87. The molecule has 1 aliphatic heterocycles. The van der Waals surface area contributed by atoms with Gasteiger partial charge in [-0.2, -0.15) is 0 Å². The van der Waals surface area contributed by atoms with E-state index in [-0.39, 0.29) is 5.91 Å². The van der Waals surface area contributed by atoms with Crippen LogP contribution in [0.1, 0.15) is 12.5 Å². The van der Waals surface area contributed by atoms with Crippen molar-refractivity contribution in [1.29, 1.82) is 0 Å².